The van der Waals surface area contributed by atoms with E-state index in [1.807, 2.05) is 30.3 Å². The van der Waals surface area contributed by atoms with Crippen molar-refractivity contribution in [3.8, 4) is 11.3 Å². The van der Waals surface area contributed by atoms with Gasteiger partial charge < -0.3 is 10.6 Å². The summed E-state index contributed by atoms with van der Waals surface area (Å²) in [6.45, 7) is 3.51. The van der Waals surface area contributed by atoms with E-state index in [2.05, 4.69) is 39.7 Å². The summed E-state index contributed by atoms with van der Waals surface area (Å²) in [5.74, 6) is -2.42. The van der Waals surface area contributed by atoms with Gasteiger partial charge in [-0.2, -0.15) is 0 Å². The highest BCUT2D eigenvalue weighted by Gasteiger charge is 2.28. The third-order valence-electron chi connectivity index (χ3n) is 5.98. The van der Waals surface area contributed by atoms with Crippen LogP contribution in [0.2, 0.25) is 0 Å². The number of carbonyl (C=O) groups excluding carboxylic acids is 1. The van der Waals surface area contributed by atoms with Gasteiger partial charge in [0.25, 0.3) is 5.92 Å². The van der Waals surface area contributed by atoms with Gasteiger partial charge in [0.05, 0.1) is 12.5 Å². The van der Waals surface area contributed by atoms with Crippen LogP contribution in [0.25, 0.3) is 11.3 Å². The summed E-state index contributed by atoms with van der Waals surface area (Å²) in [5.41, 5.74) is 3.97. The van der Waals surface area contributed by atoms with E-state index >= 15 is 0 Å². The topological polar surface area (TPSA) is 66.9 Å². The minimum Gasteiger partial charge on any atom is -0.362 e. The molecule has 4 rings (SSSR count). The molecule has 1 amide bonds. The SMILES string of the molecule is CCC(F)(F)c1ccc(CC(=O)Nc2ccc(-c3nccnc3N[C@@H](C)c3ccccc3)cc2)cc1. The molecule has 4 aromatic rings. The summed E-state index contributed by atoms with van der Waals surface area (Å²) in [7, 11) is 0. The first-order chi connectivity index (χ1) is 17.4. The number of rotatable bonds is 9. The molecule has 0 aliphatic carbocycles. The zero-order chi connectivity index (χ0) is 25.5. The zero-order valence-electron chi connectivity index (χ0n) is 20.2. The van der Waals surface area contributed by atoms with Crippen LogP contribution >= 0.6 is 0 Å². The quantitative estimate of drug-likeness (QED) is 0.267. The van der Waals surface area contributed by atoms with E-state index in [0.717, 1.165) is 11.1 Å². The van der Waals surface area contributed by atoms with Gasteiger partial charge in [0.1, 0.15) is 5.69 Å². The molecule has 5 nitrogen and oxygen atoms in total. The number of hydrogen-bond acceptors (Lipinski definition) is 4. The fourth-order valence-electron chi connectivity index (χ4n) is 3.86. The Kier molecular flexibility index (Phi) is 7.68. The van der Waals surface area contributed by atoms with Gasteiger partial charge in [-0.15, -0.1) is 0 Å². The Labute approximate surface area is 209 Å². The fourth-order valence-corrected chi connectivity index (χ4v) is 3.86. The Morgan fingerprint density at radius 2 is 1.58 bits per heavy atom. The number of halogens is 2. The van der Waals surface area contributed by atoms with Crippen molar-refractivity contribution >= 4 is 17.4 Å². The van der Waals surface area contributed by atoms with E-state index in [1.54, 1.807) is 36.7 Å². The number of anilines is 2. The van der Waals surface area contributed by atoms with E-state index in [-0.39, 0.29) is 30.4 Å². The maximum Gasteiger partial charge on any atom is 0.273 e. The third kappa shape index (κ3) is 6.10. The highest BCUT2D eigenvalue weighted by atomic mass is 19.3. The van der Waals surface area contributed by atoms with Crippen LogP contribution < -0.4 is 10.6 Å². The van der Waals surface area contributed by atoms with Gasteiger partial charge in [-0.05, 0) is 30.2 Å². The molecule has 0 aliphatic rings. The summed E-state index contributed by atoms with van der Waals surface area (Å²) in [6, 6.07) is 23.4. The lowest BCUT2D eigenvalue weighted by Crippen LogP contribution is -2.15. The van der Waals surface area contributed by atoms with Gasteiger partial charge in [-0.25, -0.2) is 13.8 Å². The predicted molar refractivity (Wildman–Crippen MR) is 139 cm³/mol. The number of amides is 1. The molecule has 1 heterocycles. The highest BCUT2D eigenvalue weighted by molar-refractivity contribution is 5.92. The predicted octanol–water partition coefficient (Wildman–Crippen LogP) is 7.00. The van der Waals surface area contributed by atoms with Crippen molar-refractivity contribution in [1.29, 1.82) is 0 Å². The smallest absolute Gasteiger partial charge is 0.273 e. The molecule has 0 spiro atoms. The molecule has 2 N–H and O–H groups in total. The van der Waals surface area contributed by atoms with Gasteiger partial charge in [-0.3, -0.25) is 9.78 Å². The van der Waals surface area contributed by atoms with Crippen molar-refractivity contribution in [2.24, 2.45) is 0 Å². The molecule has 7 heteroatoms. The van der Waals surface area contributed by atoms with E-state index < -0.39 is 5.92 Å². The second kappa shape index (κ2) is 11.1. The van der Waals surface area contributed by atoms with Gasteiger partial charge in [0.2, 0.25) is 5.91 Å². The molecule has 3 aromatic carbocycles. The van der Waals surface area contributed by atoms with Crippen LogP contribution in [0.15, 0.2) is 91.3 Å². The maximum atomic E-state index is 13.8. The second-order valence-electron chi connectivity index (χ2n) is 8.59. The summed E-state index contributed by atoms with van der Waals surface area (Å²) in [5, 5.41) is 6.28. The van der Waals surface area contributed by atoms with Crippen LogP contribution in [-0.4, -0.2) is 15.9 Å². The van der Waals surface area contributed by atoms with Crippen molar-refractivity contribution in [2.45, 2.75) is 38.7 Å². The zero-order valence-corrected chi connectivity index (χ0v) is 20.2. The number of nitrogens with zero attached hydrogens (tertiary/aromatic N) is 2. The average Bonchev–Trinajstić information content (AvgIpc) is 2.90. The van der Waals surface area contributed by atoms with E-state index in [0.29, 0.717) is 22.8 Å². The molecule has 0 saturated carbocycles. The average molecular weight is 487 g/mol. The first-order valence-corrected chi connectivity index (χ1v) is 11.9. The van der Waals surface area contributed by atoms with Crippen LogP contribution in [0.1, 0.15) is 43.0 Å². The van der Waals surface area contributed by atoms with Gasteiger partial charge >= 0.3 is 0 Å². The van der Waals surface area contributed by atoms with Crippen LogP contribution in [0, 0.1) is 0 Å². The Bertz CT molecular complexity index is 1290. The van der Waals surface area contributed by atoms with Crippen LogP contribution in [0.4, 0.5) is 20.3 Å². The number of carbonyl (C=O) groups is 1. The number of aromatic nitrogens is 2. The largest absolute Gasteiger partial charge is 0.362 e. The van der Waals surface area contributed by atoms with Crippen molar-refractivity contribution in [2.75, 3.05) is 10.6 Å². The molecule has 1 atom stereocenters. The van der Waals surface area contributed by atoms with Gasteiger partial charge in [-0.1, -0.05) is 73.7 Å². The normalized spacial score (nSPS) is 12.1. The maximum absolute atomic E-state index is 13.8. The summed E-state index contributed by atoms with van der Waals surface area (Å²) >= 11 is 0. The van der Waals surface area contributed by atoms with Crippen molar-refractivity contribution in [3.63, 3.8) is 0 Å². The lowest BCUT2D eigenvalue weighted by atomic mass is 10.0. The number of hydrogen-bond donors (Lipinski definition) is 2. The van der Waals surface area contributed by atoms with Gasteiger partial charge in [0.15, 0.2) is 5.82 Å². The molecular formula is C29H28F2N4O. The Hall–Kier alpha value is -4.13. The molecule has 0 radical (unpaired) electrons. The first kappa shape index (κ1) is 25.0. The van der Waals surface area contributed by atoms with Crippen LogP contribution in [0.3, 0.4) is 0 Å². The Balaban J connectivity index is 1.41. The first-order valence-electron chi connectivity index (χ1n) is 11.9. The van der Waals surface area contributed by atoms with Crippen molar-refractivity contribution < 1.29 is 13.6 Å². The summed E-state index contributed by atoms with van der Waals surface area (Å²) in [4.78, 5) is 21.5. The molecule has 184 valence electrons. The standard InChI is InChI=1S/C29H28F2N4O/c1-3-29(30,31)24-13-9-21(10-14-24)19-26(36)35-25-15-11-23(12-16-25)27-28(33-18-17-32-27)34-20(2)22-7-5-4-6-8-22/h4-18,20H,3,19H2,1-2H3,(H,33,34)(H,35,36)/t20-/m0/s1. The summed E-state index contributed by atoms with van der Waals surface area (Å²) < 4.78 is 27.6. The fraction of sp³-hybridized carbons (Fsp3) is 0.207. The minimum atomic E-state index is -2.86. The molecule has 0 unspecified atom stereocenters. The van der Waals surface area contributed by atoms with Crippen molar-refractivity contribution in [3.05, 3.63) is 108 Å². The van der Waals surface area contributed by atoms with E-state index in [9.17, 15) is 13.6 Å². The minimum absolute atomic E-state index is 0.0409. The molecule has 0 fully saturated rings. The lowest BCUT2D eigenvalue weighted by Gasteiger charge is -2.17. The van der Waals surface area contributed by atoms with E-state index in [1.165, 1.54) is 19.1 Å². The second-order valence-corrected chi connectivity index (χ2v) is 8.59. The molecule has 36 heavy (non-hydrogen) atoms. The number of benzene rings is 3. The summed E-state index contributed by atoms with van der Waals surface area (Å²) in [6.07, 6.45) is 3.12. The molecule has 0 bridgehead atoms. The molecule has 1 aromatic heterocycles. The molecular weight excluding hydrogens is 458 g/mol. The van der Waals surface area contributed by atoms with E-state index in [4.69, 9.17) is 0 Å². The van der Waals surface area contributed by atoms with Crippen molar-refractivity contribution in [1.82, 2.24) is 9.97 Å². The number of nitrogens with one attached hydrogen (secondary N) is 2. The third-order valence-corrected chi connectivity index (χ3v) is 5.98. The lowest BCUT2D eigenvalue weighted by molar-refractivity contribution is -0.115. The van der Waals surface area contributed by atoms with Gasteiger partial charge in [0, 0.05) is 35.6 Å². The Morgan fingerprint density at radius 1 is 0.917 bits per heavy atom. The van der Waals surface area contributed by atoms with Crippen LogP contribution in [0.5, 0.6) is 0 Å². The monoisotopic (exact) mass is 486 g/mol. The molecule has 0 saturated heterocycles. The highest BCUT2D eigenvalue weighted by Crippen LogP contribution is 2.31. The van der Waals surface area contributed by atoms with Crippen LogP contribution in [-0.2, 0) is 17.1 Å². The number of alkyl halides is 2. The Morgan fingerprint density at radius 3 is 2.25 bits per heavy atom. The molecule has 0 aliphatic heterocycles.